The first kappa shape index (κ1) is 13.2. The van der Waals surface area contributed by atoms with Crippen molar-refractivity contribution in [2.45, 2.75) is 43.6 Å². The quantitative estimate of drug-likeness (QED) is 0.464. The van der Waals surface area contributed by atoms with Gasteiger partial charge in [-0.25, -0.2) is 0 Å². The van der Waals surface area contributed by atoms with Crippen LogP contribution >= 0.6 is 25.3 Å². The van der Waals surface area contributed by atoms with Crippen LogP contribution in [-0.2, 0) is 4.79 Å². The predicted octanol–water partition coefficient (Wildman–Crippen LogP) is 1.91. The van der Waals surface area contributed by atoms with E-state index in [0.717, 1.165) is 19.4 Å². The van der Waals surface area contributed by atoms with Crippen LogP contribution in [0.15, 0.2) is 0 Å². The van der Waals surface area contributed by atoms with Crippen LogP contribution in [0.5, 0.6) is 0 Å². The Morgan fingerprint density at radius 2 is 2.08 bits per heavy atom. The second kappa shape index (κ2) is 7.56. The van der Waals surface area contributed by atoms with Crippen LogP contribution < -0.4 is 5.32 Å². The van der Waals surface area contributed by atoms with Gasteiger partial charge >= 0.3 is 0 Å². The summed E-state index contributed by atoms with van der Waals surface area (Å²) in [5, 5.41) is 2.84. The summed E-state index contributed by atoms with van der Waals surface area (Å²) in [6.07, 6.45) is 2.84. The SMILES string of the molecule is CCCCNC(=O)C(S)CC(C)S. The molecule has 0 saturated heterocycles. The zero-order valence-corrected chi connectivity index (χ0v) is 10.1. The Morgan fingerprint density at radius 3 is 2.54 bits per heavy atom. The molecule has 0 aromatic carbocycles. The fourth-order valence-corrected chi connectivity index (χ4v) is 1.72. The Morgan fingerprint density at radius 1 is 1.46 bits per heavy atom. The van der Waals surface area contributed by atoms with Gasteiger partial charge in [-0.3, -0.25) is 4.79 Å². The van der Waals surface area contributed by atoms with Gasteiger partial charge in [-0.2, -0.15) is 25.3 Å². The molecule has 0 radical (unpaired) electrons. The van der Waals surface area contributed by atoms with E-state index in [1.807, 2.05) is 6.92 Å². The van der Waals surface area contributed by atoms with Crippen molar-refractivity contribution in [1.82, 2.24) is 5.32 Å². The molecular formula is C9H19NOS2. The maximum absolute atomic E-state index is 11.3. The van der Waals surface area contributed by atoms with Gasteiger partial charge in [0, 0.05) is 11.8 Å². The molecule has 0 rings (SSSR count). The topological polar surface area (TPSA) is 29.1 Å². The van der Waals surface area contributed by atoms with Crippen molar-refractivity contribution in [3.05, 3.63) is 0 Å². The van der Waals surface area contributed by atoms with E-state index in [2.05, 4.69) is 37.5 Å². The third kappa shape index (κ3) is 7.26. The van der Waals surface area contributed by atoms with Crippen molar-refractivity contribution < 1.29 is 4.79 Å². The third-order valence-electron chi connectivity index (χ3n) is 1.70. The number of hydrogen-bond donors (Lipinski definition) is 3. The Hall–Kier alpha value is 0.170. The summed E-state index contributed by atoms with van der Waals surface area (Å²) < 4.78 is 0. The van der Waals surface area contributed by atoms with E-state index in [1.165, 1.54) is 0 Å². The summed E-state index contributed by atoms with van der Waals surface area (Å²) >= 11 is 8.42. The van der Waals surface area contributed by atoms with Gasteiger partial charge in [0.1, 0.15) is 0 Å². The lowest BCUT2D eigenvalue weighted by molar-refractivity contribution is -0.120. The number of rotatable bonds is 6. The molecule has 0 saturated carbocycles. The third-order valence-corrected chi connectivity index (χ3v) is 2.35. The monoisotopic (exact) mass is 221 g/mol. The minimum Gasteiger partial charge on any atom is -0.355 e. The first-order chi connectivity index (χ1) is 6.07. The molecule has 2 atom stereocenters. The molecule has 0 fully saturated rings. The fourth-order valence-electron chi connectivity index (χ4n) is 0.936. The Labute approximate surface area is 91.7 Å². The minimum absolute atomic E-state index is 0.0256. The molecule has 78 valence electrons. The lowest BCUT2D eigenvalue weighted by Crippen LogP contribution is -2.33. The summed E-state index contributed by atoms with van der Waals surface area (Å²) in [5.74, 6) is 0.0256. The van der Waals surface area contributed by atoms with E-state index in [9.17, 15) is 4.79 Å². The van der Waals surface area contributed by atoms with Gasteiger partial charge in [-0.15, -0.1) is 0 Å². The highest BCUT2D eigenvalue weighted by Crippen LogP contribution is 2.09. The molecule has 0 aromatic rings. The molecule has 0 aromatic heterocycles. The number of carbonyl (C=O) groups is 1. The molecule has 0 aliphatic rings. The van der Waals surface area contributed by atoms with Gasteiger partial charge in [-0.05, 0) is 12.8 Å². The smallest absolute Gasteiger partial charge is 0.232 e. The molecule has 0 aliphatic heterocycles. The minimum atomic E-state index is -0.218. The highest BCUT2D eigenvalue weighted by Gasteiger charge is 2.14. The van der Waals surface area contributed by atoms with Crippen LogP contribution in [0.1, 0.15) is 33.1 Å². The van der Waals surface area contributed by atoms with Crippen molar-refractivity contribution in [2.75, 3.05) is 6.54 Å². The summed E-state index contributed by atoms with van der Waals surface area (Å²) in [6, 6.07) is 0. The maximum Gasteiger partial charge on any atom is 0.232 e. The van der Waals surface area contributed by atoms with Gasteiger partial charge < -0.3 is 5.32 Å². The van der Waals surface area contributed by atoms with E-state index in [0.29, 0.717) is 6.42 Å². The molecule has 0 bridgehead atoms. The molecule has 2 nitrogen and oxygen atoms in total. The molecule has 0 aliphatic carbocycles. The molecule has 1 amide bonds. The molecule has 13 heavy (non-hydrogen) atoms. The normalized spacial score (nSPS) is 15.1. The number of nitrogens with one attached hydrogen (secondary N) is 1. The van der Waals surface area contributed by atoms with E-state index in [4.69, 9.17) is 0 Å². The van der Waals surface area contributed by atoms with E-state index in [1.54, 1.807) is 0 Å². The predicted molar refractivity (Wildman–Crippen MR) is 63.8 cm³/mol. The van der Waals surface area contributed by atoms with Crippen LogP contribution in [0, 0.1) is 0 Å². The van der Waals surface area contributed by atoms with Crippen LogP contribution in [0.2, 0.25) is 0 Å². The number of thiol groups is 2. The molecule has 0 spiro atoms. The summed E-state index contributed by atoms with van der Waals surface area (Å²) in [6.45, 7) is 4.82. The molecule has 0 heterocycles. The van der Waals surface area contributed by atoms with Crippen molar-refractivity contribution in [3.63, 3.8) is 0 Å². The summed E-state index contributed by atoms with van der Waals surface area (Å²) in [7, 11) is 0. The average molecular weight is 221 g/mol. The Kier molecular flexibility index (Phi) is 7.66. The highest BCUT2D eigenvalue weighted by atomic mass is 32.1. The number of amides is 1. The number of carbonyl (C=O) groups excluding carboxylic acids is 1. The largest absolute Gasteiger partial charge is 0.355 e. The lowest BCUT2D eigenvalue weighted by atomic mass is 10.2. The Bertz CT molecular complexity index is 151. The molecular weight excluding hydrogens is 202 g/mol. The van der Waals surface area contributed by atoms with Gasteiger partial charge in [0.05, 0.1) is 5.25 Å². The second-order valence-corrected chi connectivity index (χ2v) is 4.75. The van der Waals surface area contributed by atoms with Crippen molar-refractivity contribution in [1.29, 1.82) is 0 Å². The molecule has 2 unspecified atom stereocenters. The zero-order chi connectivity index (χ0) is 10.3. The van der Waals surface area contributed by atoms with Crippen LogP contribution in [0.25, 0.3) is 0 Å². The fraction of sp³-hybridized carbons (Fsp3) is 0.889. The number of hydrogen-bond acceptors (Lipinski definition) is 3. The first-order valence-electron chi connectivity index (χ1n) is 4.71. The second-order valence-electron chi connectivity index (χ2n) is 3.25. The van der Waals surface area contributed by atoms with Crippen LogP contribution in [-0.4, -0.2) is 23.0 Å². The van der Waals surface area contributed by atoms with E-state index >= 15 is 0 Å². The van der Waals surface area contributed by atoms with E-state index in [-0.39, 0.29) is 16.4 Å². The summed E-state index contributed by atoms with van der Waals surface area (Å²) in [5.41, 5.74) is 0. The van der Waals surface area contributed by atoms with Gasteiger partial charge in [-0.1, -0.05) is 20.3 Å². The number of unbranched alkanes of at least 4 members (excludes halogenated alkanes) is 1. The lowest BCUT2D eigenvalue weighted by Gasteiger charge is -2.12. The van der Waals surface area contributed by atoms with Crippen molar-refractivity contribution in [2.24, 2.45) is 0 Å². The van der Waals surface area contributed by atoms with Crippen molar-refractivity contribution in [3.8, 4) is 0 Å². The van der Waals surface area contributed by atoms with Crippen LogP contribution in [0.3, 0.4) is 0 Å². The van der Waals surface area contributed by atoms with Crippen LogP contribution in [0.4, 0.5) is 0 Å². The summed E-state index contributed by atoms with van der Waals surface area (Å²) in [4.78, 5) is 11.3. The first-order valence-corrected chi connectivity index (χ1v) is 5.75. The molecule has 4 heteroatoms. The average Bonchev–Trinajstić information content (AvgIpc) is 2.03. The highest BCUT2D eigenvalue weighted by molar-refractivity contribution is 7.82. The van der Waals surface area contributed by atoms with Crippen molar-refractivity contribution >= 4 is 31.2 Å². The zero-order valence-electron chi connectivity index (χ0n) is 8.29. The maximum atomic E-state index is 11.3. The van der Waals surface area contributed by atoms with Gasteiger partial charge in [0.2, 0.25) is 5.91 Å². The standard InChI is InChI=1S/C9H19NOS2/c1-3-4-5-10-9(11)8(13)6-7(2)12/h7-8,12-13H,3-6H2,1-2H3,(H,10,11). The van der Waals surface area contributed by atoms with E-state index < -0.39 is 0 Å². The van der Waals surface area contributed by atoms with Gasteiger partial charge in [0.25, 0.3) is 0 Å². The molecule has 1 N–H and O–H groups in total. The van der Waals surface area contributed by atoms with Gasteiger partial charge in [0.15, 0.2) is 0 Å². The Balaban J connectivity index is 3.57.